The van der Waals surface area contributed by atoms with E-state index < -0.39 is 5.97 Å². The zero-order valence-electron chi connectivity index (χ0n) is 10.0. The summed E-state index contributed by atoms with van der Waals surface area (Å²) in [5.74, 6) is 5.08. The molecule has 7 heteroatoms. The van der Waals surface area contributed by atoms with Gasteiger partial charge in [0.2, 0.25) is 0 Å². The zero-order valence-corrected chi connectivity index (χ0v) is 13.2. The van der Waals surface area contributed by atoms with Crippen molar-refractivity contribution in [2.45, 2.75) is 6.92 Å². The third kappa shape index (κ3) is 2.72. The first-order valence-electron chi connectivity index (χ1n) is 5.50. The second kappa shape index (κ2) is 5.85. The number of carbonyl (C=O) groups is 1. The molecule has 19 heavy (non-hydrogen) atoms. The third-order valence-corrected chi connectivity index (χ3v) is 3.59. The minimum absolute atomic E-state index is 0.295. The number of nitrogens with two attached hydrogens (primary N) is 1. The first kappa shape index (κ1) is 14.2. The second-order valence-electron chi connectivity index (χ2n) is 3.70. The number of nitrogens with zero attached hydrogens (tertiary/aromatic N) is 1. The van der Waals surface area contributed by atoms with Crippen LogP contribution in [0.15, 0.2) is 27.3 Å². The number of halogens is 2. The maximum absolute atomic E-state index is 11.9. The van der Waals surface area contributed by atoms with Crippen LogP contribution in [0.4, 0.5) is 5.69 Å². The molecule has 0 aliphatic heterocycles. The number of ether oxygens (including phenoxy) is 1. The number of hydrogen-bond donors (Lipinski definition) is 2. The van der Waals surface area contributed by atoms with Crippen LogP contribution < -0.4 is 11.3 Å². The van der Waals surface area contributed by atoms with Crippen molar-refractivity contribution in [2.24, 2.45) is 5.84 Å². The molecule has 100 valence electrons. The molecule has 0 aliphatic carbocycles. The first-order valence-corrected chi connectivity index (χ1v) is 7.08. The molecule has 0 atom stereocenters. The minimum atomic E-state index is -0.457. The summed E-state index contributed by atoms with van der Waals surface area (Å²) >= 11 is 6.82. The summed E-state index contributed by atoms with van der Waals surface area (Å²) in [5, 5.41) is 0.731. The fourth-order valence-electron chi connectivity index (χ4n) is 1.75. The van der Waals surface area contributed by atoms with Gasteiger partial charge in [-0.3, -0.25) is 10.8 Å². The van der Waals surface area contributed by atoms with Crippen LogP contribution in [-0.2, 0) is 4.74 Å². The number of rotatable bonds is 3. The van der Waals surface area contributed by atoms with E-state index in [1.54, 1.807) is 6.92 Å². The van der Waals surface area contributed by atoms with Crippen LogP contribution in [0.1, 0.15) is 17.3 Å². The van der Waals surface area contributed by atoms with Crippen molar-refractivity contribution in [3.8, 4) is 0 Å². The van der Waals surface area contributed by atoms with Crippen LogP contribution in [0, 0.1) is 0 Å². The van der Waals surface area contributed by atoms with Gasteiger partial charge < -0.3 is 10.2 Å². The third-order valence-electron chi connectivity index (χ3n) is 2.53. The van der Waals surface area contributed by atoms with E-state index in [0.717, 1.165) is 14.3 Å². The summed E-state index contributed by atoms with van der Waals surface area (Å²) in [7, 11) is 0. The maximum atomic E-state index is 11.9. The van der Waals surface area contributed by atoms with Crippen molar-refractivity contribution in [1.29, 1.82) is 0 Å². The van der Waals surface area contributed by atoms with Gasteiger partial charge in [-0.2, -0.15) is 0 Å². The van der Waals surface area contributed by atoms with E-state index in [1.165, 1.54) is 6.20 Å². The van der Waals surface area contributed by atoms with E-state index in [0.29, 0.717) is 23.4 Å². The number of hydrazine groups is 1. The first-order chi connectivity index (χ1) is 9.08. The molecule has 0 saturated heterocycles. The molecule has 5 nitrogen and oxygen atoms in total. The van der Waals surface area contributed by atoms with Crippen LogP contribution in [0.3, 0.4) is 0 Å². The Kier molecular flexibility index (Phi) is 4.38. The highest BCUT2D eigenvalue weighted by atomic mass is 79.9. The Balaban J connectivity index is 2.72. The molecule has 0 aliphatic rings. The summed E-state index contributed by atoms with van der Waals surface area (Å²) in [6.45, 7) is 2.04. The van der Waals surface area contributed by atoms with E-state index >= 15 is 0 Å². The number of nitrogens with one attached hydrogen (secondary N) is 1. The molecular formula is C12H11Br2N3O2. The molecule has 0 amide bonds. The van der Waals surface area contributed by atoms with Gasteiger partial charge in [-0.05, 0) is 35.0 Å². The lowest BCUT2D eigenvalue weighted by Crippen LogP contribution is -2.15. The van der Waals surface area contributed by atoms with Crippen LogP contribution in [0.5, 0.6) is 0 Å². The predicted octanol–water partition coefficient (Wildman–Crippen LogP) is 3.22. The molecule has 2 aromatic rings. The van der Waals surface area contributed by atoms with Gasteiger partial charge in [-0.1, -0.05) is 15.9 Å². The molecule has 0 spiro atoms. The number of nitrogen functional groups attached to an aromatic ring is 1. The Morgan fingerprint density at radius 2 is 2.21 bits per heavy atom. The monoisotopic (exact) mass is 387 g/mol. The molecule has 0 fully saturated rings. The zero-order chi connectivity index (χ0) is 14.0. The number of carbonyl (C=O) groups excluding carboxylic acids is 1. The average Bonchev–Trinajstić information content (AvgIpc) is 2.37. The quantitative estimate of drug-likeness (QED) is 0.479. The number of pyridine rings is 1. The van der Waals surface area contributed by atoms with Gasteiger partial charge in [-0.15, -0.1) is 0 Å². The van der Waals surface area contributed by atoms with Gasteiger partial charge in [0.25, 0.3) is 0 Å². The van der Waals surface area contributed by atoms with Crippen molar-refractivity contribution in [1.82, 2.24) is 4.98 Å². The number of esters is 1. The van der Waals surface area contributed by atoms with Gasteiger partial charge in [0.15, 0.2) is 0 Å². The lowest BCUT2D eigenvalue weighted by molar-refractivity contribution is 0.0527. The number of fused-ring (bicyclic) bond motifs is 1. The fraction of sp³-hybridized carbons (Fsp3) is 0.167. The highest BCUT2D eigenvalue weighted by molar-refractivity contribution is 9.11. The standard InChI is InChI=1S/C12H11Br2N3O2/c1-2-19-12(18)8-5-16-11-7(10(8)17-15)3-6(13)4-9(11)14/h3-5H,2,15H2,1H3,(H,16,17). The van der Waals surface area contributed by atoms with Gasteiger partial charge in [0.1, 0.15) is 5.56 Å². The summed E-state index contributed by atoms with van der Waals surface area (Å²) in [6.07, 6.45) is 1.45. The highest BCUT2D eigenvalue weighted by Crippen LogP contribution is 2.33. The molecule has 0 bridgehead atoms. The second-order valence-corrected chi connectivity index (χ2v) is 5.47. The summed E-state index contributed by atoms with van der Waals surface area (Å²) < 4.78 is 6.64. The molecule has 3 N–H and O–H groups in total. The Morgan fingerprint density at radius 1 is 1.47 bits per heavy atom. The van der Waals surface area contributed by atoms with E-state index in [9.17, 15) is 4.79 Å². The molecule has 1 aromatic carbocycles. The molecule has 1 heterocycles. The van der Waals surface area contributed by atoms with E-state index in [1.807, 2.05) is 12.1 Å². The van der Waals surface area contributed by atoms with Crippen LogP contribution in [0.25, 0.3) is 10.9 Å². The summed E-state index contributed by atoms with van der Waals surface area (Å²) in [6, 6.07) is 3.71. The molecule has 0 unspecified atom stereocenters. The minimum Gasteiger partial charge on any atom is -0.462 e. The topological polar surface area (TPSA) is 77.2 Å². The number of anilines is 1. The van der Waals surface area contributed by atoms with Crippen LogP contribution >= 0.6 is 31.9 Å². The van der Waals surface area contributed by atoms with E-state index in [4.69, 9.17) is 10.6 Å². The fourth-order valence-corrected chi connectivity index (χ4v) is 3.07. The largest absolute Gasteiger partial charge is 0.462 e. The Labute approximate surface area is 126 Å². The van der Waals surface area contributed by atoms with Gasteiger partial charge in [0.05, 0.1) is 17.8 Å². The highest BCUT2D eigenvalue weighted by Gasteiger charge is 2.17. The van der Waals surface area contributed by atoms with E-state index in [2.05, 4.69) is 42.3 Å². The Hall–Kier alpha value is -1.18. The van der Waals surface area contributed by atoms with Gasteiger partial charge >= 0.3 is 5.97 Å². The molecule has 2 rings (SSSR count). The van der Waals surface area contributed by atoms with Crippen LogP contribution in [0.2, 0.25) is 0 Å². The van der Waals surface area contributed by atoms with Crippen molar-refractivity contribution < 1.29 is 9.53 Å². The summed E-state index contributed by atoms with van der Waals surface area (Å²) in [4.78, 5) is 16.1. The number of aromatic nitrogens is 1. The molecule has 1 aromatic heterocycles. The molecular weight excluding hydrogens is 378 g/mol. The van der Waals surface area contributed by atoms with Crippen molar-refractivity contribution in [3.63, 3.8) is 0 Å². The lowest BCUT2D eigenvalue weighted by Gasteiger charge is -2.12. The smallest absolute Gasteiger partial charge is 0.341 e. The predicted molar refractivity (Wildman–Crippen MR) is 80.9 cm³/mol. The van der Waals surface area contributed by atoms with Gasteiger partial charge in [0, 0.05) is 20.5 Å². The molecule has 0 saturated carbocycles. The number of hydrogen-bond acceptors (Lipinski definition) is 5. The Morgan fingerprint density at radius 3 is 2.84 bits per heavy atom. The van der Waals surface area contributed by atoms with E-state index in [-0.39, 0.29) is 0 Å². The molecule has 0 radical (unpaired) electrons. The SMILES string of the molecule is CCOC(=O)c1cnc2c(Br)cc(Br)cc2c1NN. The number of benzene rings is 1. The summed E-state index contributed by atoms with van der Waals surface area (Å²) in [5.41, 5.74) is 4.06. The normalized spacial score (nSPS) is 10.5. The Bertz CT molecular complexity index is 646. The lowest BCUT2D eigenvalue weighted by atomic mass is 10.1. The van der Waals surface area contributed by atoms with Gasteiger partial charge in [-0.25, -0.2) is 4.79 Å². The average molecular weight is 389 g/mol. The van der Waals surface area contributed by atoms with Crippen LogP contribution in [-0.4, -0.2) is 17.6 Å². The maximum Gasteiger partial charge on any atom is 0.341 e. The van der Waals surface area contributed by atoms with Crippen molar-refractivity contribution >= 4 is 54.4 Å². The van der Waals surface area contributed by atoms with Crippen molar-refractivity contribution in [2.75, 3.05) is 12.0 Å². The van der Waals surface area contributed by atoms with Crippen molar-refractivity contribution in [3.05, 3.63) is 32.8 Å².